The number of hydrogen-bond donors (Lipinski definition) is 2. The quantitative estimate of drug-likeness (QED) is 0.656. The Morgan fingerprint density at radius 3 is 2.78 bits per heavy atom. The van der Waals surface area contributed by atoms with Crippen molar-refractivity contribution in [2.75, 3.05) is 17.7 Å². The highest BCUT2D eigenvalue weighted by Crippen LogP contribution is 2.28. The molecule has 9 nitrogen and oxygen atoms in total. The van der Waals surface area contributed by atoms with Gasteiger partial charge in [-0.15, -0.1) is 0 Å². The molecule has 3 aromatic rings. The van der Waals surface area contributed by atoms with E-state index >= 15 is 0 Å². The summed E-state index contributed by atoms with van der Waals surface area (Å²) < 4.78 is 15.6. The summed E-state index contributed by atoms with van der Waals surface area (Å²) in [5.74, 6) is 1.17. The number of methoxy groups -OCH3 is 1. The maximum absolute atomic E-state index is 12.3. The van der Waals surface area contributed by atoms with Crippen LogP contribution in [0.15, 0.2) is 45.5 Å². The van der Waals surface area contributed by atoms with Gasteiger partial charge in [-0.3, -0.25) is 9.59 Å². The molecule has 0 radical (unpaired) electrons. The van der Waals surface area contributed by atoms with E-state index in [0.717, 1.165) is 0 Å². The van der Waals surface area contributed by atoms with Gasteiger partial charge in [0.15, 0.2) is 5.76 Å². The number of nitrogens with zero attached hydrogens (tertiary/aromatic N) is 2. The second-order valence-corrected chi connectivity index (χ2v) is 5.63. The van der Waals surface area contributed by atoms with Crippen LogP contribution in [0.1, 0.15) is 19.2 Å². The number of hydrogen-bond acceptors (Lipinski definition) is 7. The van der Waals surface area contributed by atoms with Crippen LogP contribution < -0.4 is 15.4 Å². The van der Waals surface area contributed by atoms with Crippen LogP contribution in [-0.4, -0.2) is 29.1 Å². The highest BCUT2D eigenvalue weighted by atomic mass is 16.5. The summed E-state index contributed by atoms with van der Waals surface area (Å²) in [4.78, 5) is 27.6. The van der Waals surface area contributed by atoms with Gasteiger partial charge < -0.3 is 24.3 Å². The van der Waals surface area contributed by atoms with Crippen LogP contribution in [0.25, 0.3) is 11.6 Å². The molecule has 0 aliphatic carbocycles. The van der Waals surface area contributed by atoms with Crippen molar-refractivity contribution in [2.24, 2.45) is 0 Å². The molecular formula is C18H18N4O5. The lowest BCUT2D eigenvalue weighted by Crippen LogP contribution is -2.14. The molecule has 0 aliphatic rings. The zero-order chi connectivity index (χ0) is 19.2. The van der Waals surface area contributed by atoms with E-state index < -0.39 is 0 Å². The number of nitrogens with one attached hydrogen (secondary N) is 2. The monoisotopic (exact) mass is 370 g/mol. The first-order chi connectivity index (χ1) is 13.0. The van der Waals surface area contributed by atoms with Crippen molar-refractivity contribution in [2.45, 2.75) is 19.8 Å². The average molecular weight is 370 g/mol. The molecule has 0 aliphatic heterocycles. The number of carbonyl (C=O) groups excluding carboxylic acids is 2. The largest absolute Gasteiger partial charge is 0.495 e. The van der Waals surface area contributed by atoms with Gasteiger partial charge in [0, 0.05) is 25.5 Å². The molecule has 2 N–H and O–H groups in total. The first kappa shape index (κ1) is 18.2. The van der Waals surface area contributed by atoms with Gasteiger partial charge in [0.25, 0.3) is 0 Å². The molecule has 2 heterocycles. The minimum atomic E-state index is -0.258. The number of aromatic nitrogens is 2. The lowest BCUT2D eigenvalue weighted by Gasteiger charge is -2.12. The molecule has 0 atom stereocenters. The van der Waals surface area contributed by atoms with Crippen LogP contribution in [0.4, 0.5) is 11.4 Å². The summed E-state index contributed by atoms with van der Waals surface area (Å²) in [6.45, 7) is 1.41. The van der Waals surface area contributed by atoms with Crippen LogP contribution >= 0.6 is 0 Å². The Labute approximate surface area is 154 Å². The molecular weight excluding hydrogens is 352 g/mol. The SMILES string of the molecule is COc1ccc(NC(C)=O)cc1NC(=O)CCc1nc(-c2ccco2)no1. The smallest absolute Gasteiger partial charge is 0.238 e. The Kier molecular flexibility index (Phi) is 5.50. The fraction of sp³-hybridized carbons (Fsp3) is 0.222. The Hall–Kier alpha value is -3.62. The van der Waals surface area contributed by atoms with E-state index in [-0.39, 0.29) is 24.7 Å². The number of benzene rings is 1. The Bertz CT molecular complexity index is 933. The molecule has 1 aromatic carbocycles. The van der Waals surface area contributed by atoms with Crippen LogP contribution in [0.3, 0.4) is 0 Å². The normalized spacial score (nSPS) is 10.4. The molecule has 0 fully saturated rings. The van der Waals surface area contributed by atoms with E-state index in [4.69, 9.17) is 13.7 Å². The fourth-order valence-electron chi connectivity index (χ4n) is 2.38. The van der Waals surface area contributed by atoms with E-state index in [1.54, 1.807) is 30.3 Å². The minimum absolute atomic E-state index is 0.132. The molecule has 2 aromatic heterocycles. The molecule has 3 rings (SSSR count). The highest BCUT2D eigenvalue weighted by molar-refractivity contribution is 5.95. The Balaban J connectivity index is 1.61. The van der Waals surface area contributed by atoms with Crippen molar-refractivity contribution in [1.82, 2.24) is 10.1 Å². The topological polar surface area (TPSA) is 119 Å². The zero-order valence-corrected chi connectivity index (χ0v) is 14.8. The lowest BCUT2D eigenvalue weighted by molar-refractivity contribution is -0.116. The summed E-state index contributed by atoms with van der Waals surface area (Å²) in [6, 6.07) is 8.41. The predicted molar refractivity (Wildman–Crippen MR) is 96.2 cm³/mol. The zero-order valence-electron chi connectivity index (χ0n) is 14.8. The van der Waals surface area contributed by atoms with E-state index in [1.165, 1.54) is 20.3 Å². The number of anilines is 2. The first-order valence-electron chi connectivity index (χ1n) is 8.17. The Morgan fingerprint density at radius 1 is 1.22 bits per heavy atom. The van der Waals surface area contributed by atoms with E-state index in [1.807, 2.05) is 0 Å². The predicted octanol–water partition coefficient (Wildman–Crippen LogP) is 2.87. The molecule has 0 saturated heterocycles. The highest BCUT2D eigenvalue weighted by Gasteiger charge is 2.14. The maximum Gasteiger partial charge on any atom is 0.238 e. The molecule has 2 amide bonds. The van der Waals surface area contributed by atoms with Crippen LogP contribution in [0.2, 0.25) is 0 Å². The molecule has 140 valence electrons. The molecule has 0 saturated carbocycles. The third kappa shape index (κ3) is 4.72. The van der Waals surface area contributed by atoms with Crippen molar-refractivity contribution in [3.63, 3.8) is 0 Å². The lowest BCUT2D eigenvalue weighted by atomic mass is 10.2. The van der Waals surface area contributed by atoms with E-state index in [9.17, 15) is 9.59 Å². The summed E-state index contributed by atoms with van der Waals surface area (Å²) in [6.07, 6.45) is 1.92. The maximum atomic E-state index is 12.3. The number of aryl methyl sites for hydroxylation is 1. The molecule has 9 heteroatoms. The summed E-state index contributed by atoms with van der Waals surface area (Å²) in [5.41, 5.74) is 1.01. The van der Waals surface area contributed by atoms with Gasteiger partial charge in [-0.25, -0.2) is 0 Å². The third-order valence-electron chi connectivity index (χ3n) is 3.57. The van der Waals surface area contributed by atoms with Crippen molar-refractivity contribution in [1.29, 1.82) is 0 Å². The molecule has 27 heavy (non-hydrogen) atoms. The van der Waals surface area contributed by atoms with Crippen molar-refractivity contribution in [3.05, 3.63) is 42.5 Å². The van der Waals surface area contributed by atoms with E-state index in [2.05, 4.69) is 20.8 Å². The number of rotatable bonds is 7. The van der Waals surface area contributed by atoms with Crippen LogP contribution in [0.5, 0.6) is 5.75 Å². The standard InChI is InChI=1S/C18H18N4O5/c1-11(23)19-12-5-6-14(25-2)13(10-12)20-16(24)7-8-17-21-18(22-27-17)15-4-3-9-26-15/h3-6,9-10H,7-8H2,1-2H3,(H,19,23)(H,20,24). The van der Waals surface area contributed by atoms with Crippen LogP contribution in [-0.2, 0) is 16.0 Å². The summed E-state index contributed by atoms with van der Waals surface area (Å²) in [7, 11) is 1.50. The molecule has 0 spiro atoms. The van der Waals surface area contributed by atoms with Gasteiger partial charge in [0.05, 0.1) is 19.1 Å². The van der Waals surface area contributed by atoms with E-state index in [0.29, 0.717) is 34.6 Å². The summed E-state index contributed by atoms with van der Waals surface area (Å²) >= 11 is 0. The second kappa shape index (κ2) is 8.17. The first-order valence-corrected chi connectivity index (χ1v) is 8.17. The average Bonchev–Trinajstić information content (AvgIpc) is 3.31. The van der Waals surface area contributed by atoms with Gasteiger partial charge in [-0.05, 0) is 30.3 Å². The van der Waals surface area contributed by atoms with Gasteiger partial charge in [0.1, 0.15) is 5.75 Å². The fourth-order valence-corrected chi connectivity index (χ4v) is 2.38. The third-order valence-corrected chi connectivity index (χ3v) is 3.57. The van der Waals surface area contributed by atoms with Gasteiger partial charge in [0.2, 0.25) is 23.5 Å². The number of amides is 2. The van der Waals surface area contributed by atoms with Crippen molar-refractivity contribution >= 4 is 23.2 Å². The minimum Gasteiger partial charge on any atom is -0.495 e. The van der Waals surface area contributed by atoms with Crippen LogP contribution in [0, 0.1) is 0 Å². The van der Waals surface area contributed by atoms with Gasteiger partial charge >= 0.3 is 0 Å². The number of ether oxygens (including phenoxy) is 1. The number of furan rings is 1. The van der Waals surface area contributed by atoms with Crippen molar-refractivity contribution < 1.29 is 23.3 Å². The second-order valence-electron chi connectivity index (χ2n) is 5.63. The van der Waals surface area contributed by atoms with Gasteiger partial charge in [-0.2, -0.15) is 4.98 Å². The molecule has 0 bridgehead atoms. The van der Waals surface area contributed by atoms with Gasteiger partial charge in [-0.1, -0.05) is 5.16 Å². The number of carbonyl (C=O) groups is 2. The van der Waals surface area contributed by atoms with Crippen molar-refractivity contribution in [3.8, 4) is 17.3 Å². The summed E-state index contributed by atoms with van der Waals surface area (Å²) in [5, 5.41) is 9.23. The Morgan fingerprint density at radius 2 is 2.07 bits per heavy atom. The molecule has 0 unspecified atom stereocenters.